The third-order valence-corrected chi connectivity index (χ3v) is 1.89. The van der Waals surface area contributed by atoms with E-state index in [1.54, 1.807) is 22.6 Å². The lowest BCUT2D eigenvalue weighted by Gasteiger charge is -2.26. The molecule has 0 rings (SSSR count). The molecule has 0 aliphatic carbocycles. The van der Waals surface area contributed by atoms with Gasteiger partial charge in [0, 0.05) is 11.0 Å². The van der Waals surface area contributed by atoms with E-state index in [-0.39, 0.29) is 10.8 Å². The summed E-state index contributed by atoms with van der Waals surface area (Å²) in [5.74, 6) is 0. The van der Waals surface area contributed by atoms with Crippen molar-refractivity contribution in [1.29, 1.82) is 0 Å². The summed E-state index contributed by atoms with van der Waals surface area (Å²) in [5, 5.41) is 0. The van der Waals surface area contributed by atoms with Gasteiger partial charge in [0.25, 0.3) is 0 Å². The van der Waals surface area contributed by atoms with E-state index >= 15 is 0 Å². The average Bonchev–Trinajstić information content (AvgIpc) is 1.81. The molecule has 0 saturated heterocycles. The Bertz CT molecular complexity index is 138. The lowest BCUT2D eigenvalue weighted by Crippen LogP contribution is -2.48. The van der Waals surface area contributed by atoms with Gasteiger partial charge in [-0.3, -0.25) is 0 Å². The van der Waals surface area contributed by atoms with Gasteiger partial charge in [0.05, 0.1) is 0 Å². The Morgan fingerprint density at radius 3 is 1.54 bits per heavy atom. The highest BCUT2D eigenvalue weighted by molar-refractivity contribution is 14.1. The molecule has 1 nitrogen and oxygen atoms in total. The quantitative estimate of drug-likeness (QED) is 0.334. The molecule has 0 aromatic rings. The Balaban J connectivity index is 4.39. The highest BCUT2D eigenvalue weighted by Gasteiger charge is 2.53. The number of alkyl halides is 7. The fraction of sp³-hybridized carbons (Fsp3) is 1.00. The second-order valence-corrected chi connectivity index (χ2v) is 3.21. The maximum Gasteiger partial charge on any atom is 0.467 e. The fourth-order valence-corrected chi connectivity index (χ4v) is 0.956. The van der Waals surface area contributed by atoms with Crippen LogP contribution in [0, 0.1) is 0 Å². The number of hydrogen-bond donors (Lipinski definition) is 0. The highest BCUT2D eigenvalue weighted by atomic mass is 127. The molecule has 0 heterocycles. The van der Waals surface area contributed by atoms with E-state index in [0.29, 0.717) is 0 Å². The minimum Gasteiger partial charge on any atom is -0.155 e. The van der Waals surface area contributed by atoms with Crippen molar-refractivity contribution in [3.8, 4) is 0 Å². The lowest BCUT2D eigenvalue weighted by atomic mass is 10.4. The molecule has 0 bridgehead atoms. The Morgan fingerprint density at radius 1 is 0.923 bits per heavy atom. The first-order valence-corrected chi connectivity index (χ1v) is 4.69. The molecule has 0 aromatic carbocycles. The Morgan fingerprint density at radius 2 is 1.31 bits per heavy atom. The molecule has 0 fully saturated rings. The summed E-state index contributed by atoms with van der Waals surface area (Å²) in [5.41, 5.74) is 0. The predicted octanol–water partition coefficient (Wildman–Crippen LogP) is 3.15. The largest absolute Gasteiger partial charge is 0.467 e. The summed E-state index contributed by atoms with van der Waals surface area (Å²) < 4.78 is 70.7. The normalized spacial score (nSPS) is 13.8. The third-order valence-electron chi connectivity index (χ3n) is 1.13. The van der Waals surface area contributed by atoms with Gasteiger partial charge in [-0.15, -0.1) is 4.90 Å². The number of rotatable bonds is 3. The van der Waals surface area contributed by atoms with Crippen LogP contribution in [0.5, 0.6) is 0 Å². The summed E-state index contributed by atoms with van der Waals surface area (Å²) in [6.45, 7) is -1.05. The molecule has 0 unspecified atom stereocenters. The van der Waals surface area contributed by atoms with Gasteiger partial charge in [0.2, 0.25) is 0 Å². The van der Waals surface area contributed by atoms with Gasteiger partial charge in [-0.25, -0.2) is 0 Å². The van der Waals surface area contributed by atoms with Crippen LogP contribution in [0.15, 0.2) is 0 Å². The van der Waals surface area contributed by atoms with E-state index in [4.69, 9.17) is 0 Å². The first-order chi connectivity index (χ1) is 5.69. The molecule has 0 spiro atoms. The van der Waals surface area contributed by atoms with Crippen LogP contribution in [-0.2, 0) is 0 Å². The second-order valence-electron chi connectivity index (χ2n) is 2.13. The van der Waals surface area contributed by atoms with Gasteiger partial charge in [-0.05, 0) is 6.42 Å². The predicted molar refractivity (Wildman–Crippen MR) is 42.3 cm³/mol. The van der Waals surface area contributed by atoms with Gasteiger partial charge in [-0.2, -0.15) is 26.3 Å². The van der Waals surface area contributed by atoms with E-state index in [1.807, 2.05) is 0 Å². The molecule has 0 atom stereocenters. The van der Waals surface area contributed by atoms with Crippen LogP contribution in [0.2, 0.25) is 0 Å². The maximum absolute atomic E-state index is 11.7. The molecule has 80 valence electrons. The number of nitrogens with zero attached hydrogens (tertiary/aromatic N) is 1. The van der Waals surface area contributed by atoms with Gasteiger partial charge in [0.1, 0.15) is 0 Å². The molecule has 0 aliphatic heterocycles. The second kappa shape index (κ2) is 4.67. The van der Waals surface area contributed by atoms with Crippen LogP contribution in [0.25, 0.3) is 0 Å². The molecule has 0 radical (unpaired) electrons. The summed E-state index contributed by atoms with van der Waals surface area (Å²) in [4.78, 5) is -1.42. The SMILES string of the molecule is FC(F)(F)N(CCCI)C(F)(F)F. The zero-order valence-corrected chi connectivity index (χ0v) is 8.37. The molecule has 0 N–H and O–H groups in total. The molecule has 8 heteroatoms. The minimum absolute atomic E-state index is 0.153. The van der Waals surface area contributed by atoms with Crippen molar-refractivity contribution in [1.82, 2.24) is 4.90 Å². The van der Waals surface area contributed by atoms with Crippen molar-refractivity contribution < 1.29 is 26.3 Å². The molecule has 0 aromatic heterocycles. The zero-order valence-electron chi connectivity index (χ0n) is 6.21. The monoisotopic (exact) mass is 321 g/mol. The maximum atomic E-state index is 11.7. The lowest BCUT2D eigenvalue weighted by molar-refractivity contribution is -0.372. The standard InChI is InChI=1S/C5H6F6IN/c6-4(7,8)13(3-1-2-12)5(9,10)11/h1-3H2. The van der Waals surface area contributed by atoms with E-state index in [1.165, 1.54) is 0 Å². The van der Waals surface area contributed by atoms with E-state index in [2.05, 4.69) is 0 Å². The van der Waals surface area contributed by atoms with Crippen molar-refractivity contribution >= 4 is 22.6 Å². The van der Waals surface area contributed by atoms with Crippen molar-refractivity contribution in [2.45, 2.75) is 19.0 Å². The van der Waals surface area contributed by atoms with Crippen LogP contribution >= 0.6 is 22.6 Å². The van der Waals surface area contributed by atoms with E-state index in [9.17, 15) is 26.3 Å². The molecule has 0 amide bonds. The summed E-state index contributed by atoms with van der Waals surface area (Å²) in [6, 6.07) is 0. The molecular formula is C5H6F6IN. The van der Waals surface area contributed by atoms with Crippen LogP contribution in [-0.4, -0.2) is 28.5 Å². The first-order valence-electron chi connectivity index (χ1n) is 3.16. The van der Waals surface area contributed by atoms with Crippen molar-refractivity contribution in [3.05, 3.63) is 0 Å². The Hall–Kier alpha value is 0.270. The number of hydrogen-bond acceptors (Lipinski definition) is 1. The number of halogens is 7. The summed E-state index contributed by atoms with van der Waals surface area (Å²) in [7, 11) is 0. The van der Waals surface area contributed by atoms with Crippen LogP contribution in [0.3, 0.4) is 0 Å². The fourth-order valence-electron chi connectivity index (χ4n) is 0.615. The summed E-state index contributed by atoms with van der Waals surface area (Å²) >= 11 is 1.72. The van der Waals surface area contributed by atoms with Crippen LogP contribution in [0.1, 0.15) is 6.42 Å². The molecule has 0 aliphatic rings. The summed E-state index contributed by atoms with van der Waals surface area (Å²) in [6.07, 6.45) is -10.8. The first kappa shape index (κ1) is 13.3. The van der Waals surface area contributed by atoms with Crippen LogP contribution in [0.4, 0.5) is 26.3 Å². The van der Waals surface area contributed by atoms with Crippen LogP contribution < -0.4 is 0 Å². The highest BCUT2D eigenvalue weighted by Crippen LogP contribution is 2.33. The van der Waals surface area contributed by atoms with Crippen molar-refractivity contribution in [2.75, 3.05) is 11.0 Å². The third kappa shape index (κ3) is 4.89. The Kier molecular flexibility index (Phi) is 4.77. The van der Waals surface area contributed by atoms with E-state index in [0.717, 1.165) is 0 Å². The minimum atomic E-state index is -5.34. The van der Waals surface area contributed by atoms with Crippen molar-refractivity contribution in [3.63, 3.8) is 0 Å². The topological polar surface area (TPSA) is 3.24 Å². The van der Waals surface area contributed by atoms with Gasteiger partial charge >= 0.3 is 12.6 Å². The van der Waals surface area contributed by atoms with Gasteiger partial charge in [-0.1, -0.05) is 22.6 Å². The molecule has 0 saturated carbocycles. The molecular weight excluding hydrogens is 315 g/mol. The Labute approximate surface area is 84.2 Å². The van der Waals surface area contributed by atoms with Gasteiger partial charge in [0.15, 0.2) is 0 Å². The van der Waals surface area contributed by atoms with Crippen molar-refractivity contribution in [2.24, 2.45) is 0 Å². The average molecular weight is 321 g/mol. The smallest absolute Gasteiger partial charge is 0.155 e. The zero-order chi connectivity index (χ0) is 10.7. The van der Waals surface area contributed by atoms with Gasteiger partial charge < -0.3 is 0 Å². The van der Waals surface area contributed by atoms with E-state index < -0.39 is 24.0 Å². The molecule has 13 heavy (non-hydrogen) atoms.